The summed E-state index contributed by atoms with van der Waals surface area (Å²) >= 11 is 0. The lowest BCUT2D eigenvalue weighted by atomic mass is 10.0. The van der Waals surface area contributed by atoms with E-state index in [9.17, 15) is 18.0 Å². The zero-order chi connectivity index (χ0) is 13.9. The normalized spacial score (nSPS) is 14.5. The molecule has 0 unspecified atom stereocenters. The summed E-state index contributed by atoms with van der Waals surface area (Å²) in [5.41, 5.74) is 2.95. The summed E-state index contributed by atoms with van der Waals surface area (Å²) in [6, 6.07) is 5.47. The maximum absolute atomic E-state index is 11.9. The van der Waals surface area contributed by atoms with Crippen LogP contribution in [-0.2, 0) is 17.6 Å². The van der Waals surface area contributed by atoms with Crippen molar-refractivity contribution in [2.45, 2.75) is 31.9 Å². The number of ketones is 1. The van der Waals surface area contributed by atoms with Gasteiger partial charge in [-0.1, -0.05) is 12.1 Å². The fourth-order valence-corrected chi connectivity index (χ4v) is 2.18. The SMILES string of the molecule is O=C(COCCC(F)(F)F)c1ccc2c(c1)CCC2. The van der Waals surface area contributed by atoms with Crippen molar-refractivity contribution in [3.05, 3.63) is 34.9 Å². The first-order chi connectivity index (χ1) is 8.96. The van der Waals surface area contributed by atoms with Gasteiger partial charge in [-0.05, 0) is 36.5 Å². The van der Waals surface area contributed by atoms with Gasteiger partial charge in [0, 0.05) is 5.56 Å². The zero-order valence-electron chi connectivity index (χ0n) is 10.4. The van der Waals surface area contributed by atoms with Crippen LogP contribution in [0.4, 0.5) is 13.2 Å². The van der Waals surface area contributed by atoms with E-state index in [-0.39, 0.29) is 12.4 Å². The van der Waals surface area contributed by atoms with Crippen LogP contribution in [0.5, 0.6) is 0 Å². The number of alkyl halides is 3. The van der Waals surface area contributed by atoms with Crippen LogP contribution in [0.1, 0.15) is 34.3 Å². The average molecular weight is 272 g/mol. The van der Waals surface area contributed by atoms with Gasteiger partial charge in [-0.2, -0.15) is 13.2 Å². The summed E-state index contributed by atoms with van der Waals surface area (Å²) in [7, 11) is 0. The zero-order valence-corrected chi connectivity index (χ0v) is 10.4. The number of halogens is 3. The van der Waals surface area contributed by atoms with Crippen LogP contribution in [0.25, 0.3) is 0 Å². The van der Waals surface area contributed by atoms with E-state index < -0.39 is 19.2 Å². The molecule has 0 aliphatic heterocycles. The van der Waals surface area contributed by atoms with E-state index >= 15 is 0 Å². The molecule has 0 saturated carbocycles. The number of carbonyl (C=O) groups excluding carboxylic acids is 1. The largest absolute Gasteiger partial charge is 0.391 e. The maximum Gasteiger partial charge on any atom is 0.391 e. The molecule has 1 aromatic carbocycles. The summed E-state index contributed by atoms with van der Waals surface area (Å²) in [5, 5.41) is 0. The number of rotatable bonds is 5. The second kappa shape index (κ2) is 5.74. The second-order valence-electron chi connectivity index (χ2n) is 4.68. The number of hydrogen-bond acceptors (Lipinski definition) is 2. The molecule has 0 atom stereocenters. The molecule has 1 aliphatic carbocycles. The number of ether oxygens (including phenoxy) is 1. The van der Waals surface area contributed by atoms with E-state index in [1.165, 1.54) is 11.1 Å². The van der Waals surface area contributed by atoms with Gasteiger partial charge >= 0.3 is 6.18 Å². The van der Waals surface area contributed by atoms with E-state index in [0.717, 1.165) is 19.3 Å². The van der Waals surface area contributed by atoms with Crippen molar-refractivity contribution >= 4 is 5.78 Å². The van der Waals surface area contributed by atoms with E-state index in [0.29, 0.717) is 5.56 Å². The molecule has 1 aliphatic rings. The molecule has 0 heterocycles. The predicted octanol–water partition coefficient (Wildman–Crippen LogP) is 3.33. The van der Waals surface area contributed by atoms with Gasteiger partial charge in [-0.3, -0.25) is 4.79 Å². The van der Waals surface area contributed by atoms with Gasteiger partial charge in [0.1, 0.15) is 6.61 Å². The highest BCUT2D eigenvalue weighted by Gasteiger charge is 2.26. The van der Waals surface area contributed by atoms with Crippen LogP contribution in [0, 0.1) is 0 Å². The molecule has 0 radical (unpaired) electrons. The third kappa shape index (κ3) is 4.06. The van der Waals surface area contributed by atoms with Crippen molar-refractivity contribution in [1.82, 2.24) is 0 Å². The Balaban J connectivity index is 1.83. The lowest BCUT2D eigenvalue weighted by Crippen LogP contribution is -2.15. The highest BCUT2D eigenvalue weighted by Crippen LogP contribution is 2.23. The number of carbonyl (C=O) groups is 1. The van der Waals surface area contributed by atoms with Crippen LogP contribution in [0.15, 0.2) is 18.2 Å². The minimum absolute atomic E-state index is 0.267. The van der Waals surface area contributed by atoms with E-state index in [1.807, 2.05) is 12.1 Å². The van der Waals surface area contributed by atoms with E-state index in [4.69, 9.17) is 4.74 Å². The molecular formula is C14H15F3O2. The molecule has 19 heavy (non-hydrogen) atoms. The molecule has 0 fully saturated rings. The monoisotopic (exact) mass is 272 g/mol. The van der Waals surface area contributed by atoms with Crippen molar-refractivity contribution in [3.63, 3.8) is 0 Å². The number of aryl methyl sites for hydroxylation is 2. The molecule has 0 amide bonds. The van der Waals surface area contributed by atoms with Gasteiger partial charge in [0.2, 0.25) is 0 Å². The topological polar surface area (TPSA) is 26.3 Å². The third-order valence-corrected chi connectivity index (χ3v) is 3.18. The molecule has 1 aromatic rings. The highest BCUT2D eigenvalue weighted by molar-refractivity contribution is 5.97. The van der Waals surface area contributed by atoms with Crippen LogP contribution in [-0.4, -0.2) is 25.2 Å². The summed E-state index contributed by atoms with van der Waals surface area (Å²) in [5.74, 6) is -0.267. The summed E-state index contributed by atoms with van der Waals surface area (Å²) in [6.07, 6.45) is -2.17. The first-order valence-electron chi connectivity index (χ1n) is 6.25. The van der Waals surface area contributed by atoms with Crippen molar-refractivity contribution in [2.75, 3.05) is 13.2 Å². The van der Waals surface area contributed by atoms with Gasteiger partial charge < -0.3 is 4.74 Å². The van der Waals surface area contributed by atoms with Gasteiger partial charge in [0.05, 0.1) is 13.0 Å². The Bertz CT molecular complexity index is 466. The van der Waals surface area contributed by atoms with Crippen LogP contribution < -0.4 is 0 Å². The molecule has 104 valence electrons. The molecule has 0 aromatic heterocycles. The molecular weight excluding hydrogens is 257 g/mol. The van der Waals surface area contributed by atoms with Gasteiger partial charge in [-0.25, -0.2) is 0 Å². The Hall–Kier alpha value is -1.36. The van der Waals surface area contributed by atoms with E-state index in [1.54, 1.807) is 6.07 Å². The maximum atomic E-state index is 11.9. The quantitative estimate of drug-likeness (QED) is 0.607. The van der Waals surface area contributed by atoms with Gasteiger partial charge in [0.15, 0.2) is 5.78 Å². The first kappa shape index (κ1) is 14.1. The van der Waals surface area contributed by atoms with Crippen molar-refractivity contribution in [2.24, 2.45) is 0 Å². The number of benzene rings is 1. The predicted molar refractivity (Wildman–Crippen MR) is 64.3 cm³/mol. The number of Topliss-reactive ketones (excluding diaryl/α,β-unsaturated/α-hetero) is 1. The molecule has 2 rings (SSSR count). The smallest absolute Gasteiger partial charge is 0.373 e. The molecule has 0 N–H and O–H groups in total. The van der Waals surface area contributed by atoms with E-state index in [2.05, 4.69) is 0 Å². The fraction of sp³-hybridized carbons (Fsp3) is 0.500. The fourth-order valence-electron chi connectivity index (χ4n) is 2.18. The lowest BCUT2D eigenvalue weighted by molar-refractivity contribution is -0.144. The standard InChI is InChI=1S/C14H15F3O2/c15-14(16,17)6-7-19-9-13(18)12-5-4-10-2-1-3-11(10)8-12/h4-5,8H,1-3,6-7,9H2. The van der Waals surface area contributed by atoms with Gasteiger partial charge in [-0.15, -0.1) is 0 Å². The molecule has 5 heteroatoms. The summed E-state index contributed by atoms with van der Waals surface area (Å²) < 4.78 is 40.4. The van der Waals surface area contributed by atoms with Crippen LogP contribution >= 0.6 is 0 Å². The van der Waals surface area contributed by atoms with Crippen LogP contribution in [0.2, 0.25) is 0 Å². The Morgan fingerprint density at radius 2 is 1.95 bits per heavy atom. The first-order valence-corrected chi connectivity index (χ1v) is 6.25. The number of hydrogen-bond donors (Lipinski definition) is 0. The molecule has 2 nitrogen and oxygen atoms in total. The minimum Gasteiger partial charge on any atom is -0.373 e. The Morgan fingerprint density at radius 3 is 2.68 bits per heavy atom. The Kier molecular flexibility index (Phi) is 4.24. The lowest BCUT2D eigenvalue weighted by Gasteiger charge is -2.07. The highest BCUT2D eigenvalue weighted by atomic mass is 19.4. The minimum atomic E-state index is -4.24. The summed E-state index contributed by atoms with van der Waals surface area (Å²) in [6.45, 7) is -0.769. The Morgan fingerprint density at radius 1 is 1.21 bits per heavy atom. The second-order valence-corrected chi connectivity index (χ2v) is 4.68. The molecule has 0 spiro atoms. The van der Waals surface area contributed by atoms with Gasteiger partial charge in [0.25, 0.3) is 0 Å². The third-order valence-electron chi connectivity index (χ3n) is 3.18. The average Bonchev–Trinajstić information content (AvgIpc) is 2.80. The summed E-state index contributed by atoms with van der Waals surface area (Å²) in [4.78, 5) is 11.8. The Labute approximate surface area is 109 Å². The van der Waals surface area contributed by atoms with Crippen LogP contribution in [0.3, 0.4) is 0 Å². The van der Waals surface area contributed by atoms with Crippen molar-refractivity contribution in [3.8, 4) is 0 Å². The van der Waals surface area contributed by atoms with Crippen molar-refractivity contribution < 1.29 is 22.7 Å². The molecule has 0 bridgehead atoms. The molecule has 0 saturated heterocycles. The van der Waals surface area contributed by atoms with Crippen molar-refractivity contribution in [1.29, 1.82) is 0 Å². The number of fused-ring (bicyclic) bond motifs is 1.